The lowest BCUT2D eigenvalue weighted by Crippen LogP contribution is -2.52. The van der Waals surface area contributed by atoms with E-state index in [4.69, 9.17) is 11.6 Å². The molecule has 0 saturated carbocycles. The highest BCUT2D eigenvalue weighted by Crippen LogP contribution is 2.17. The Hall–Kier alpha value is -2.33. The monoisotopic (exact) mass is 414 g/mol. The maximum absolute atomic E-state index is 13.2. The maximum Gasteiger partial charge on any atom is 0.242 e. The molecule has 2 aromatic rings. The summed E-state index contributed by atoms with van der Waals surface area (Å²) in [6.07, 6.45) is 0.252. The number of aryl methyl sites for hydroxylation is 2. The summed E-state index contributed by atoms with van der Waals surface area (Å²) in [5, 5.41) is 3.61. The minimum Gasteiger partial charge on any atom is -0.350 e. The number of benzene rings is 2. The average molecular weight is 415 g/mol. The van der Waals surface area contributed by atoms with E-state index in [1.165, 1.54) is 5.56 Å². The molecule has 0 fully saturated rings. The van der Waals surface area contributed by atoms with E-state index in [2.05, 4.69) is 5.32 Å². The highest BCUT2D eigenvalue weighted by molar-refractivity contribution is 6.30. The van der Waals surface area contributed by atoms with Crippen molar-refractivity contribution in [1.82, 2.24) is 10.2 Å². The number of hydrogen-bond acceptors (Lipinski definition) is 2. The Bertz CT molecular complexity index is 869. The van der Waals surface area contributed by atoms with E-state index in [-0.39, 0.29) is 23.8 Å². The van der Waals surface area contributed by atoms with Gasteiger partial charge in [0.1, 0.15) is 6.04 Å². The van der Waals surface area contributed by atoms with E-state index < -0.39 is 6.04 Å². The molecule has 0 aliphatic carbocycles. The number of nitrogens with one attached hydrogen (secondary N) is 1. The van der Waals surface area contributed by atoms with Crippen molar-refractivity contribution in [2.75, 3.05) is 0 Å². The highest BCUT2D eigenvalue weighted by atomic mass is 35.5. The zero-order chi connectivity index (χ0) is 21.8. The normalized spacial score (nSPS) is 12.4. The van der Waals surface area contributed by atoms with Crippen molar-refractivity contribution in [3.05, 3.63) is 69.7 Å². The zero-order valence-corrected chi connectivity index (χ0v) is 18.9. The first kappa shape index (κ1) is 23.0. The molecule has 0 aromatic heterocycles. The molecule has 2 rings (SSSR count). The fraction of sp³-hybridized carbons (Fsp3) is 0.417. The molecule has 2 aromatic carbocycles. The fourth-order valence-corrected chi connectivity index (χ4v) is 3.16. The number of nitrogens with zero attached hydrogens (tertiary/aromatic N) is 1. The van der Waals surface area contributed by atoms with Crippen molar-refractivity contribution in [3.63, 3.8) is 0 Å². The van der Waals surface area contributed by atoms with Crippen molar-refractivity contribution >= 4 is 23.4 Å². The van der Waals surface area contributed by atoms with Crippen molar-refractivity contribution < 1.29 is 9.59 Å². The van der Waals surface area contributed by atoms with E-state index >= 15 is 0 Å². The summed E-state index contributed by atoms with van der Waals surface area (Å²) in [5.74, 6) is -0.250. The van der Waals surface area contributed by atoms with Gasteiger partial charge in [-0.2, -0.15) is 0 Å². The van der Waals surface area contributed by atoms with Crippen molar-refractivity contribution in [3.8, 4) is 0 Å². The van der Waals surface area contributed by atoms with Crippen LogP contribution in [0, 0.1) is 13.8 Å². The summed E-state index contributed by atoms with van der Waals surface area (Å²) in [6.45, 7) is 12.0. The van der Waals surface area contributed by atoms with Crippen molar-refractivity contribution in [1.29, 1.82) is 0 Å². The van der Waals surface area contributed by atoms with Crippen LogP contribution in [0.5, 0.6) is 0 Å². The van der Waals surface area contributed by atoms with Gasteiger partial charge < -0.3 is 10.2 Å². The molecule has 0 aliphatic rings. The molecule has 0 unspecified atom stereocenters. The van der Waals surface area contributed by atoms with E-state index in [0.29, 0.717) is 11.6 Å². The number of hydrogen-bond donors (Lipinski definition) is 1. The lowest BCUT2D eigenvalue weighted by molar-refractivity contribution is -0.140. The molecule has 1 atom stereocenters. The Labute approximate surface area is 179 Å². The van der Waals surface area contributed by atoms with Crippen LogP contribution >= 0.6 is 11.6 Å². The Morgan fingerprint density at radius 1 is 1.00 bits per heavy atom. The lowest BCUT2D eigenvalue weighted by Gasteiger charge is -2.31. The number of amides is 2. The number of rotatable bonds is 6. The van der Waals surface area contributed by atoms with Crippen LogP contribution in [-0.2, 0) is 22.6 Å². The van der Waals surface area contributed by atoms with Gasteiger partial charge in [0, 0.05) is 17.1 Å². The predicted molar refractivity (Wildman–Crippen MR) is 119 cm³/mol. The highest BCUT2D eigenvalue weighted by Gasteiger charge is 2.28. The Kier molecular flexibility index (Phi) is 7.48. The summed E-state index contributed by atoms with van der Waals surface area (Å²) in [5.41, 5.74) is 3.85. The van der Waals surface area contributed by atoms with Crippen LogP contribution in [0.4, 0.5) is 0 Å². The third kappa shape index (κ3) is 6.90. The quantitative estimate of drug-likeness (QED) is 0.735. The SMILES string of the molecule is Cc1ccc(CC(=O)N(Cc2ccc(Cl)cc2)[C@@H](C)C(=O)NC(C)(C)C)cc1C. The summed E-state index contributed by atoms with van der Waals surface area (Å²) < 4.78 is 0. The summed E-state index contributed by atoms with van der Waals surface area (Å²) in [7, 11) is 0. The molecule has 4 nitrogen and oxygen atoms in total. The fourth-order valence-electron chi connectivity index (χ4n) is 3.03. The van der Waals surface area contributed by atoms with Gasteiger partial charge in [-0.25, -0.2) is 0 Å². The van der Waals surface area contributed by atoms with Gasteiger partial charge in [0.15, 0.2) is 0 Å². The molecule has 2 amide bonds. The number of carbonyl (C=O) groups is 2. The lowest BCUT2D eigenvalue weighted by atomic mass is 10.0. The van der Waals surface area contributed by atoms with Crippen LogP contribution < -0.4 is 5.32 Å². The number of halogens is 1. The first-order chi connectivity index (χ1) is 13.5. The van der Waals surface area contributed by atoms with Gasteiger partial charge in [0.2, 0.25) is 11.8 Å². The molecule has 0 aliphatic heterocycles. The van der Waals surface area contributed by atoms with Gasteiger partial charge in [-0.3, -0.25) is 9.59 Å². The molecule has 156 valence electrons. The second kappa shape index (κ2) is 9.45. The van der Waals surface area contributed by atoms with Gasteiger partial charge in [-0.05, 0) is 75.9 Å². The van der Waals surface area contributed by atoms with E-state index in [9.17, 15) is 9.59 Å². The molecule has 0 heterocycles. The molecule has 0 radical (unpaired) electrons. The Balaban J connectivity index is 2.26. The van der Waals surface area contributed by atoms with Gasteiger partial charge in [0.25, 0.3) is 0 Å². The predicted octanol–water partition coefficient (Wildman–Crippen LogP) is 4.83. The summed E-state index contributed by atoms with van der Waals surface area (Å²) in [4.78, 5) is 27.6. The van der Waals surface area contributed by atoms with Crippen LogP contribution in [0.3, 0.4) is 0 Å². The minimum absolute atomic E-state index is 0.0836. The third-order valence-electron chi connectivity index (χ3n) is 4.86. The largest absolute Gasteiger partial charge is 0.350 e. The molecular weight excluding hydrogens is 384 g/mol. The van der Waals surface area contributed by atoms with Gasteiger partial charge in [0.05, 0.1) is 6.42 Å². The van der Waals surface area contributed by atoms with Crippen LogP contribution in [0.25, 0.3) is 0 Å². The summed E-state index contributed by atoms with van der Waals surface area (Å²) >= 11 is 5.99. The van der Waals surface area contributed by atoms with Crippen LogP contribution in [0.1, 0.15) is 49.9 Å². The third-order valence-corrected chi connectivity index (χ3v) is 5.11. The maximum atomic E-state index is 13.2. The van der Waals surface area contributed by atoms with E-state index in [0.717, 1.165) is 16.7 Å². The average Bonchev–Trinajstić information content (AvgIpc) is 2.62. The first-order valence-electron chi connectivity index (χ1n) is 9.88. The van der Waals surface area contributed by atoms with E-state index in [1.54, 1.807) is 24.0 Å². The van der Waals surface area contributed by atoms with Crippen LogP contribution in [0.15, 0.2) is 42.5 Å². The smallest absolute Gasteiger partial charge is 0.242 e. The van der Waals surface area contributed by atoms with Crippen LogP contribution in [-0.4, -0.2) is 28.3 Å². The van der Waals surface area contributed by atoms with Crippen molar-refractivity contribution in [2.45, 2.75) is 66.1 Å². The standard InChI is InChI=1S/C24H31ClN2O2/c1-16-7-8-20(13-17(16)2)14-22(28)27(15-19-9-11-21(25)12-10-19)18(3)23(29)26-24(4,5)6/h7-13,18H,14-15H2,1-6H3,(H,26,29)/t18-/m0/s1. The molecular formula is C24H31ClN2O2. The second-order valence-corrected chi connectivity index (χ2v) is 9.10. The van der Waals surface area contributed by atoms with Gasteiger partial charge in [-0.1, -0.05) is 41.9 Å². The zero-order valence-electron chi connectivity index (χ0n) is 18.2. The first-order valence-corrected chi connectivity index (χ1v) is 10.3. The molecule has 5 heteroatoms. The van der Waals surface area contributed by atoms with Gasteiger partial charge >= 0.3 is 0 Å². The minimum atomic E-state index is -0.594. The van der Waals surface area contributed by atoms with Gasteiger partial charge in [-0.15, -0.1) is 0 Å². The topological polar surface area (TPSA) is 49.4 Å². The molecule has 1 N–H and O–H groups in total. The Morgan fingerprint density at radius 3 is 2.14 bits per heavy atom. The molecule has 0 saturated heterocycles. The summed E-state index contributed by atoms with van der Waals surface area (Å²) in [6, 6.07) is 12.8. The number of carbonyl (C=O) groups excluding carboxylic acids is 2. The second-order valence-electron chi connectivity index (χ2n) is 8.66. The van der Waals surface area contributed by atoms with Crippen LogP contribution in [0.2, 0.25) is 5.02 Å². The molecule has 0 bridgehead atoms. The van der Waals surface area contributed by atoms with E-state index in [1.807, 2.05) is 65.0 Å². The van der Waals surface area contributed by atoms with Crippen molar-refractivity contribution in [2.24, 2.45) is 0 Å². The Morgan fingerprint density at radius 2 is 1.59 bits per heavy atom. The molecule has 29 heavy (non-hydrogen) atoms. The molecule has 0 spiro atoms.